The molecule has 0 atom stereocenters. The van der Waals surface area contributed by atoms with Crippen LogP contribution in [0.5, 0.6) is 0 Å². The lowest BCUT2D eigenvalue weighted by molar-refractivity contribution is -0.119. The van der Waals surface area contributed by atoms with Gasteiger partial charge >= 0.3 is 14.8 Å². The van der Waals surface area contributed by atoms with Crippen LogP contribution in [0.4, 0.5) is 4.79 Å². The molecule has 0 saturated heterocycles. The van der Waals surface area contributed by atoms with Crippen LogP contribution in [0.2, 0.25) is 6.04 Å². The molecule has 0 heterocycles. The average molecular weight is 461 g/mol. The van der Waals surface area contributed by atoms with Crippen molar-refractivity contribution >= 4 is 20.6 Å². The zero-order chi connectivity index (χ0) is 23.2. The summed E-state index contributed by atoms with van der Waals surface area (Å²) in [6.45, 7) is 11.2. The van der Waals surface area contributed by atoms with Gasteiger partial charge in [0.05, 0.1) is 0 Å². The summed E-state index contributed by atoms with van der Waals surface area (Å²) in [7, 11) is -2.57. The Labute approximate surface area is 191 Å². The van der Waals surface area contributed by atoms with E-state index in [4.69, 9.17) is 13.3 Å². The maximum absolute atomic E-state index is 12.1. The third-order valence-electron chi connectivity index (χ3n) is 5.02. The fourth-order valence-electron chi connectivity index (χ4n) is 3.41. The van der Waals surface area contributed by atoms with Gasteiger partial charge in [0.2, 0.25) is 0 Å². The summed E-state index contributed by atoms with van der Waals surface area (Å²) in [5.41, 5.74) is 0. The SMILES string of the molecule is CCCCNC(=O)NCCCCCCCC(=O)CCCC[Si](OCC)(OCC)OCC. The van der Waals surface area contributed by atoms with Crippen molar-refractivity contribution in [2.24, 2.45) is 0 Å². The Hall–Kier alpha value is -0.963. The van der Waals surface area contributed by atoms with Gasteiger partial charge in [-0.15, -0.1) is 0 Å². The van der Waals surface area contributed by atoms with E-state index in [-0.39, 0.29) is 6.03 Å². The summed E-state index contributed by atoms with van der Waals surface area (Å²) < 4.78 is 17.6. The molecule has 0 aromatic carbocycles. The van der Waals surface area contributed by atoms with Gasteiger partial charge in [-0.1, -0.05) is 32.6 Å². The number of unbranched alkanes of at least 4 members (excludes halogenated alkanes) is 6. The van der Waals surface area contributed by atoms with Crippen LogP contribution in [0.1, 0.15) is 98.3 Å². The molecule has 2 amide bonds. The zero-order valence-corrected chi connectivity index (χ0v) is 21.6. The molecule has 0 aliphatic rings. The number of ketones is 1. The van der Waals surface area contributed by atoms with Crippen LogP contribution in [0.3, 0.4) is 0 Å². The van der Waals surface area contributed by atoms with Crippen molar-refractivity contribution in [2.75, 3.05) is 32.9 Å². The molecule has 0 rings (SSSR count). The second kappa shape index (κ2) is 20.9. The molecule has 8 heteroatoms. The van der Waals surface area contributed by atoms with Crippen LogP contribution in [0, 0.1) is 0 Å². The Kier molecular flexibility index (Phi) is 20.3. The number of amides is 2. The first-order chi connectivity index (χ1) is 15.0. The van der Waals surface area contributed by atoms with Crippen LogP contribution in [0.25, 0.3) is 0 Å². The molecule has 0 aliphatic heterocycles. The van der Waals surface area contributed by atoms with Gasteiger partial charge in [-0.25, -0.2) is 4.79 Å². The summed E-state index contributed by atoms with van der Waals surface area (Å²) in [6.07, 6.45) is 10.4. The maximum atomic E-state index is 12.1. The Morgan fingerprint density at radius 2 is 1.13 bits per heavy atom. The smallest absolute Gasteiger partial charge is 0.374 e. The number of hydrogen-bond donors (Lipinski definition) is 2. The molecule has 31 heavy (non-hydrogen) atoms. The Balaban J connectivity index is 3.70. The molecule has 0 aliphatic carbocycles. The predicted molar refractivity (Wildman–Crippen MR) is 128 cm³/mol. The van der Waals surface area contributed by atoms with E-state index in [1.54, 1.807) is 0 Å². The second-order valence-electron chi connectivity index (χ2n) is 7.78. The van der Waals surface area contributed by atoms with Crippen molar-refractivity contribution in [1.29, 1.82) is 0 Å². The van der Waals surface area contributed by atoms with E-state index in [1.807, 2.05) is 20.8 Å². The standard InChI is InChI=1S/C23H48N2O5Si/c1-5-9-19-24-23(27)25-20-15-12-10-11-13-17-22(26)18-14-16-21-31(28-6-2,29-7-3)30-8-4/h5-21H2,1-4H3,(H2,24,25,27). The highest BCUT2D eigenvalue weighted by atomic mass is 28.4. The van der Waals surface area contributed by atoms with Gasteiger partial charge in [-0.2, -0.15) is 0 Å². The van der Waals surface area contributed by atoms with E-state index in [0.717, 1.165) is 70.4 Å². The lowest BCUT2D eigenvalue weighted by Crippen LogP contribution is -2.45. The van der Waals surface area contributed by atoms with Crippen molar-refractivity contribution in [3.8, 4) is 0 Å². The van der Waals surface area contributed by atoms with Crippen LogP contribution < -0.4 is 10.6 Å². The number of hydrogen-bond acceptors (Lipinski definition) is 5. The Morgan fingerprint density at radius 3 is 1.68 bits per heavy atom. The van der Waals surface area contributed by atoms with Crippen molar-refractivity contribution in [3.63, 3.8) is 0 Å². The largest absolute Gasteiger partial charge is 0.500 e. The quantitative estimate of drug-likeness (QED) is 0.171. The number of rotatable bonds is 22. The van der Waals surface area contributed by atoms with E-state index < -0.39 is 8.80 Å². The van der Waals surface area contributed by atoms with E-state index >= 15 is 0 Å². The first kappa shape index (κ1) is 30.0. The molecule has 0 aromatic heterocycles. The molecule has 0 fully saturated rings. The summed E-state index contributed by atoms with van der Waals surface area (Å²) in [6, 6.07) is 0.711. The van der Waals surface area contributed by atoms with Gasteiger partial charge in [0.15, 0.2) is 0 Å². The van der Waals surface area contributed by atoms with Gasteiger partial charge in [0, 0.05) is 51.8 Å². The van der Waals surface area contributed by atoms with E-state index in [9.17, 15) is 9.59 Å². The molecule has 2 N–H and O–H groups in total. The molecule has 0 saturated carbocycles. The lowest BCUT2D eigenvalue weighted by atomic mass is 10.1. The Bertz CT molecular complexity index is 435. The third-order valence-corrected chi connectivity index (χ3v) is 8.17. The number of urea groups is 1. The number of Topliss-reactive ketones (excluding diaryl/α,β-unsaturated/α-hetero) is 1. The first-order valence-electron chi connectivity index (χ1n) is 12.5. The molecule has 184 valence electrons. The minimum atomic E-state index is -2.57. The van der Waals surface area contributed by atoms with Gasteiger partial charge in [-0.05, 0) is 52.9 Å². The van der Waals surface area contributed by atoms with Crippen LogP contribution in [0.15, 0.2) is 0 Å². The fourth-order valence-corrected chi connectivity index (χ4v) is 6.10. The number of carbonyl (C=O) groups is 2. The normalized spacial score (nSPS) is 11.5. The van der Waals surface area contributed by atoms with Crippen LogP contribution in [-0.2, 0) is 18.1 Å². The van der Waals surface area contributed by atoms with E-state index in [0.29, 0.717) is 45.0 Å². The highest BCUT2D eigenvalue weighted by Gasteiger charge is 2.39. The first-order valence-corrected chi connectivity index (χ1v) is 14.4. The molecular formula is C23H48N2O5Si. The molecule has 0 aromatic rings. The van der Waals surface area contributed by atoms with Gasteiger partial charge in [0.25, 0.3) is 0 Å². The van der Waals surface area contributed by atoms with E-state index in [1.165, 1.54) is 0 Å². The summed E-state index contributed by atoms with van der Waals surface area (Å²) in [5, 5.41) is 5.73. The topological polar surface area (TPSA) is 85.9 Å². The molecule has 0 spiro atoms. The third kappa shape index (κ3) is 17.3. The highest BCUT2D eigenvalue weighted by Crippen LogP contribution is 2.20. The Morgan fingerprint density at radius 1 is 0.645 bits per heavy atom. The molecule has 0 bridgehead atoms. The zero-order valence-electron chi connectivity index (χ0n) is 20.6. The number of carbonyl (C=O) groups excluding carboxylic acids is 2. The van der Waals surface area contributed by atoms with E-state index in [2.05, 4.69) is 17.6 Å². The van der Waals surface area contributed by atoms with Gasteiger partial charge in [0.1, 0.15) is 5.78 Å². The summed E-state index contributed by atoms with van der Waals surface area (Å²) in [5.74, 6) is 0.349. The predicted octanol–water partition coefficient (Wildman–Crippen LogP) is 5.21. The molecule has 0 unspecified atom stereocenters. The average Bonchev–Trinajstić information content (AvgIpc) is 2.74. The molecule has 7 nitrogen and oxygen atoms in total. The van der Waals surface area contributed by atoms with Crippen molar-refractivity contribution in [3.05, 3.63) is 0 Å². The fraction of sp³-hybridized carbons (Fsp3) is 0.913. The highest BCUT2D eigenvalue weighted by molar-refractivity contribution is 6.60. The second-order valence-corrected chi connectivity index (χ2v) is 10.5. The lowest BCUT2D eigenvalue weighted by Gasteiger charge is -2.28. The number of nitrogens with one attached hydrogen (secondary N) is 2. The molecule has 0 radical (unpaired) electrons. The summed E-state index contributed by atoms with van der Waals surface area (Å²) in [4.78, 5) is 23.6. The van der Waals surface area contributed by atoms with Crippen molar-refractivity contribution in [2.45, 2.75) is 104 Å². The van der Waals surface area contributed by atoms with Crippen molar-refractivity contribution in [1.82, 2.24) is 10.6 Å². The van der Waals surface area contributed by atoms with Crippen LogP contribution in [-0.4, -0.2) is 53.5 Å². The van der Waals surface area contributed by atoms with Crippen LogP contribution >= 0.6 is 0 Å². The maximum Gasteiger partial charge on any atom is 0.500 e. The van der Waals surface area contributed by atoms with Gasteiger partial charge < -0.3 is 23.9 Å². The molecular weight excluding hydrogens is 412 g/mol. The van der Waals surface area contributed by atoms with Gasteiger partial charge in [-0.3, -0.25) is 4.79 Å². The minimum Gasteiger partial charge on any atom is -0.374 e. The monoisotopic (exact) mass is 460 g/mol. The minimum absolute atomic E-state index is 0.0669. The summed E-state index contributed by atoms with van der Waals surface area (Å²) >= 11 is 0. The van der Waals surface area contributed by atoms with Crippen molar-refractivity contribution < 1.29 is 22.9 Å².